The van der Waals surface area contributed by atoms with Gasteiger partial charge >= 0.3 is 0 Å². The molecule has 0 radical (unpaired) electrons. The zero-order chi connectivity index (χ0) is 41.9. The second-order valence-electron chi connectivity index (χ2n) is 17.8. The molecule has 3 heterocycles. The maximum absolute atomic E-state index is 6.64. The summed E-state index contributed by atoms with van der Waals surface area (Å²) < 4.78 is 8.83. The van der Waals surface area contributed by atoms with Crippen molar-refractivity contribution in [1.82, 2.24) is 9.55 Å². The van der Waals surface area contributed by atoms with Crippen LogP contribution in [-0.4, -0.2) is 9.55 Å². The molecule has 0 saturated heterocycles. The van der Waals surface area contributed by atoms with Crippen LogP contribution in [0, 0.1) is 18.8 Å². The Labute approximate surface area is 379 Å². The van der Waals surface area contributed by atoms with Gasteiger partial charge in [-0.3, -0.25) is 0 Å². The van der Waals surface area contributed by atoms with Gasteiger partial charge in [-0.2, -0.15) is 12.1 Å². The Kier molecular flexibility index (Phi) is 10.7. The van der Waals surface area contributed by atoms with Gasteiger partial charge in [0, 0.05) is 66.9 Å². The standard InChI is InChI=1S/C56H47N4O.Pt/c1-55(2,3)39-27-29-47(45-22-11-10-21-44(45)38-17-8-7-9-18-38)52(33-39)59-37-58(50-25-14-15-26-51(50)59)41-19-16-20-42(35-41)61-43-28-30-48-46-23-12-13-24-49(46)60(53(48)36-43)54-34-40(31-32-57-54)56(4,5)6;/h7-34,37H,1-6H3;/q-3;. The van der Waals surface area contributed by atoms with Gasteiger partial charge in [0.05, 0.1) is 0 Å². The molecule has 310 valence electrons. The number of benzene rings is 7. The van der Waals surface area contributed by atoms with E-state index in [0.717, 1.165) is 55.9 Å². The average molecular weight is 987 g/mol. The summed E-state index contributed by atoms with van der Waals surface area (Å²) in [7, 11) is 0. The van der Waals surface area contributed by atoms with Crippen molar-refractivity contribution in [2.45, 2.75) is 52.4 Å². The van der Waals surface area contributed by atoms with Crippen LogP contribution in [0.4, 0.5) is 22.7 Å². The van der Waals surface area contributed by atoms with Gasteiger partial charge in [-0.25, -0.2) is 4.98 Å². The Bertz CT molecular complexity index is 3080. The van der Waals surface area contributed by atoms with Crippen LogP contribution >= 0.6 is 0 Å². The molecule has 1 aliphatic rings. The van der Waals surface area contributed by atoms with Gasteiger partial charge < -0.3 is 19.1 Å². The molecule has 5 nitrogen and oxygen atoms in total. The van der Waals surface area contributed by atoms with E-state index in [-0.39, 0.29) is 31.9 Å². The van der Waals surface area contributed by atoms with Gasteiger partial charge in [-0.1, -0.05) is 144 Å². The first-order valence-corrected chi connectivity index (χ1v) is 21.0. The minimum Gasteiger partial charge on any atom is -0.509 e. The molecule has 62 heavy (non-hydrogen) atoms. The molecule has 9 aromatic rings. The van der Waals surface area contributed by atoms with E-state index in [1.165, 1.54) is 27.8 Å². The number of rotatable bonds is 7. The molecule has 0 bridgehead atoms. The van der Waals surface area contributed by atoms with Crippen LogP contribution in [0.2, 0.25) is 0 Å². The number of anilines is 4. The molecule has 0 spiro atoms. The summed E-state index contributed by atoms with van der Waals surface area (Å²) in [5.74, 6) is 2.05. The van der Waals surface area contributed by atoms with Gasteiger partial charge in [-0.05, 0) is 80.4 Å². The molecule has 2 aromatic heterocycles. The average Bonchev–Trinajstić information content (AvgIpc) is 3.82. The molecule has 1 aliphatic heterocycles. The number of nitrogens with zero attached hydrogens (tertiary/aromatic N) is 4. The zero-order valence-corrected chi connectivity index (χ0v) is 38.0. The summed E-state index contributed by atoms with van der Waals surface area (Å²) in [6.07, 6.45) is 1.90. The second-order valence-corrected chi connectivity index (χ2v) is 17.8. The van der Waals surface area contributed by atoms with Crippen LogP contribution in [-0.2, 0) is 31.9 Å². The van der Waals surface area contributed by atoms with Crippen molar-refractivity contribution in [1.29, 1.82) is 0 Å². The van der Waals surface area contributed by atoms with Gasteiger partial charge in [0.25, 0.3) is 0 Å². The minimum atomic E-state index is -0.0496. The first-order valence-electron chi connectivity index (χ1n) is 21.0. The van der Waals surface area contributed by atoms with Crippen molar-refractivity contribution in [2.75, 3.05) is 9.80 Å². The second kappa shape index (κ2) is 16.1. The fourth-order valence-electron chi connectivity index (χ4n) is 8.44. The van der Waals surface area contributed by atoms with Crippen molar-refractivity contribution in [3.05, 3.63) is 200 Å². The number of ether oxygens (including phenoxy) is 1. The normalized spacial score (nSPS) is 12.7. The van der Waals surface area contributed by atoms with E-state index in [2.05, 4.69) is 220 Å². The van der Waals surface area contributed by atoms with Crippen molar-refractivity contribution in [3.63, 3.8) is 0 Å². The maximum Gasteiger partial charge on any atom is 0.135 e. The Morgan fingerprint density at radius 2 is 1.18 bits per heavy atom. The van der Waals surface area contributed by atoms with Crippen LogP contribution in [0.15, 0.2) is 170 Å². The predicted molar refractivity (Wildman–Crippen MR) is 252 cm³/mol. The van der Waals surface area contributed by atoms with Gasteiger partial charge in [0.1, 0.15) is 5.82 Å². The topological polar surface area (TPSA) is 33.5 Å². The minimum absolute atomic E-state index is 0. The molecule has 0 amide bonds. The first kappa shape index (κ1) is 41.0. The zero-order valence-electron chi connectivity index (χ0n) is 35.8. The van der Waals surface area contributed by atoms with Gasteiger partial charge in [0.2, 0.25) is 0 Å². The third-order valence-electron chi connectivity index (χ3n) is 11.7. The molecule has 0 atom stereocenters. The number of hydrogen-bond donors (Lipinski definition) is 0. The number of para-hydroxylation sites is 3. The molecular formula is C56H47N4OPt-3. The summed E-state index contributed by atoms with van der Waals surface area (Å²) >= 11 is 0. The largest absolute Gasteiger partial charge is 0.509 e. The third-order valence-corrected chi connectivity index (χ3v) is 11.7. The quantitative estimate of drug-likeness (QED) is 0.149. The van der Waals surface area contributed by atoms with Gasteiger partial charge in [0.15, 0.2) is 0 Å². The summed E-state index contributed by atoms with van der Waals surface area (Å²) in [6.45, 7) is 15.7. The predicted octanol–water partition coefficient (Wildman–Crippen LogP) is 14.9. The van der Waals surface area contributed by atoms with Crippen LogP contribution < -0.4 is 14.5 Å². The van der Waals surface area contributed by atoms with Crippen LogP contribution in [0.3, 0.4) is 0 Å². The van der Waals surface area contributed by atoms with E-state index < -0.39 is 0 Å². The van der Waals surface area contributed by atoms with Crippen molar-refractivity contribution in [3.8, 4) is 39.6 Å². The maximum atomic E-state index is 6.64. The third kappa shape index (κ3) is 7.49. The number of pyridine rings is 1. The summed E-state index contributed by atoms with van der Waals surface area (Å²) in [4.78, 5) is 9.38. The van der Waals surface area contributed by atoms with Crippen LogP contribution in [0.5, 0.6) is 11.5 Å². The summed E-state index contributed by atoms with van der Waals surface area (Å²) in [5, 5.41) is 2.23. The SMILES string of the molecule is CC(C)(C)c1ccnc(-n2c3[c-]c(Oc4[c-]c(N5[CH-]N(c6cc(C(C)(C)C)ccc6-c6ccccc6-c6ccccc6)c6ccccc65)ccc4)ccc3c3ccccc32)c1.[Pt]. The molecule has 0 saturated carbocycles. The summed E-state index contributed by atoms with van der Waals surface area (Å²) in [5.41, 5.74) is 13.2. The Morgan fingerprint density at radius 3 is 1.95 bits per heavy atom. The Balaban J connectivity index is 0.00000490. The number of fused-ring (bicyclic) bond motifs is 4. The van der Waals surface area contributed by atoms with Crippen molar-refractivity contribution >= 4 is 44.6 Å². The molecular weight excluding hydrogens is 940 g/mol. The molecule has 0 unspecified atom stereocenters. The molecule has 6 heteroatoms. The number of hydrogen-bond acceptors (Lipinski definition) is 4. The van der Waals surface area contributed by atoms with E-state index in [1.54, 1.807) is 0 Å². The first-order chi connectivity index (χ1) is 29.5. The molecule has 0 N–H and O–H groups in total. The molecule has 10 rings (SSSR count). The monoisotopic (exact) mass is 986 g/mol. The molecule has 0 aliphatic carbocycles. The number of aromatic nitrogens is 2. The van der Waals surface area contributed by atoms with E-state index in [9.17, 15) is 0 Å². The van der Waals surface area contributed by atoms with E-state index in [0.29, 0.717) is 11.5 Å². The van der Waals surface area contributed by atoms with Crippen molar-refractivity contribution < 1.29 is 25.8 Å². The Hall–Kier alpha value is -6.42. The Morgan fingerprint density at radius 1 is 0.516 bits per heavy atom. The van der Waals surface area contributed by atoms with Crippen LogP contribution in [0.25, 0.3) is 49.9 Å². The fraction of sp³-hybridized carbons (Fsp3) is 0.143. The molecule has 0 fully saturated rings. The van der Waals surface area contributed by atoms with Crippen molar-refractivity contribution in [2.24, 2.45) is 0 Å². The fourth-order valence-corrected chi connectivity index (χ4v) is 8.44. The summed E-state index contributed by atoms with van der Waals surface area (Å²) in [6, 6.07) is 65.0. The smallest absolute Gasteiger partial charge is 0.135 e. The van der Waals surface area contributed by atoms with Crippen LogP contribution in [0.1, 0.15) is 52.7 Å². The van der Waals surface area contributed by atoms with Gasteiger partial charge in [-0.15, -0.1) is 48.1 Å². The van der Waals surface area contributed by atoms with E-state index in [4.69, 9.17) is 9.72 Å². The molecule has 7 aromatic carbocycles. The van der Waals surface area contributed by atoms with E-state index >= 15 is 0 Å². The van der Waals surface area contributed by atoms with E-state index in [1.807, 2.05) is 24.4 Å².